The second-order valence-corrected chi connectivity index (χ2v) is 6.40. The third-order valence-corrected chi connectivity index (χ3v) is 4.63. The molecule has 9 heteroatoms. The Bertz CT molecular complexity index is 679. The van der Waals surface area contributed by atoms with E-state index < -0.39 is 6.03 Å². The summed E-state index contributed by atoms with van der Waals surface area (Å²) < 4.78 is 5.10. The lowest BCUT2D eigenvalue weighted by molar-refractivity contribution is -0.133. The van der Waals surface area contributed by atoms with Gasteiger partial charge < -0.3 is 14.2 Å². The molecule has 0 radical (unpaired) electrons. The van der Waals surface area contributed by atoms with Crippen molar-refractivity contribution in [2.45, 2.75) is 12.8 Å². The molecule has 2 fully saturated rings. The molecule has 0 aliphatic carbocycles. The van der Waals surface area contributed by atoms with Crippen molar-refractivity contribution in [2.24, 2.45) is 0 Å². The van der Waals surface area contributed by atoms with Crippen LogP contribution in [0.25, 0.3) is 0 Å². The number of Topliss-reactive ketones (excluding diaryl/α,β-unsaturated/α-hetero) is 1. The van der Waals surface area contributed by atoms with Crippen molar-refractivity contribution < 1.29 is 23.6 Å². The van der Waals surface area contributed by atoms with Gasteiger partial charge in [-0.25, -0.2) is 4.79 Å². The first-order valence-corrected chi connectivity index (χ1v) is 8.68. The number of hydrogen-bond acceptors (Lipinski definition) is 6. The van der Waals surface area contributed by atoms with Gasteiger partial charge in [-0.3, -0.25) is 24.6 Å². The van der Waals surface area contributed by atoms with Crippen LogP contribution in [-0.2, 0) is 9.59 Å². The van der Waals surface area contributed by atoms with Gasteiger partial charge in [0.15, 0.2) is 5.76 Å². The van der Waals surface area contributed by atoms with E-state index in [4.69, 9.17) is 4.42 Å². The van der Waals surface area contributed by atoms with Crippen LogP contribution < -0.4 is 5.32 Å². The number of carbonyl (C=O) groups excluding carboxylic acids is 4. The van der Waals surface area contributed by atoms with Gasteiger partial charge in [0, 0.05) is 52.1 Å². The summed E-state index contributed by atoms with van der Waals surface area (Å²) in [4.78, 5) is 52.4. The van der Waals surface area contributed by atoms with Crippen LogP contribution in [0.5, 0.6) is 0 Å². The van der Waals surface area contributed by atoms with Gasteiger partial charge in [-0.1, -0.05) is 0 Å². The number of carbonyl (C=O) groups is 4. The van der Waals surface area contributed by atoms with Gasteiger partial charge in [-0.05, 0) is 12.1 Å². The molecule has 0 atom stereocenters. The molecule has 9 nitrogen and oxygen atoms in total. The van der Waals surface area contributed by atoms with E-state index in [1.165, 1.54) is 11.2 Å². The van der Waals surface area contributed by atoms with Gasteiger partial charge >= 0.3 is 6.03 Å². The summed E-state index contributed by atoms with van der Waals surface area (Å²) >= 11 is 0. The molecule has 1 aromatic rings. The van der Waals surface area contributed by atoms with E-state index in [2.05, 4.69) is 5.32 Å². The molecule has 3 heterocycles. The van der Waals surface area contributed by atoms with Gasteiger partial charge in [0.05, 0.1) is 12.8 Å². The first kappa shape index (κ1) is 18.1. The fourth-order valence-electron chi connectivity index (χ4n) is 3.07. The maximum Gasteiger partial charge on any atom is 0.324 e. The van der Waals surface area contributed by atoms with Crippen LogP contribution in [-0.4, -0.2) is 84.1 Å². The summed E-state index contributed by atoms with van der Waals surface area (Å²) in [7, 11) is 0. The number of ketones is 1. The predicted molar refractivity (Wildman–Crippen MR) is 90.4 cm³/mol. The van der Waals surface area contributed by atoms with Crippen molar-refractivity contribution in [1.29, 1.82) is 0 Å². The van der Waals surface area contributed by atoms with Crippen molar-refractivity contribution in [3.63, 3.8) is 0 Å². The lowest BCUT2D eigenvalue weighted by Crippen LogP contribution is -2.52. The lowest BCUT2D eigenvalue weighted by atomic mass is 10.2. The number of rotatable bonds is 6. The third-order valence-electron chi connectivity index (χ3n) is 4.63. The third kappa shape index (κ3) is 4.48. The zero-order chi connectivity index (χ0) is 18.5. The van der Waals surface area contributed by atoms with Crippen LogP contribution in [0.4, 0.5) is 4.79 Å². The Balaban J connectivity index is 1.39. The molecule has 3 rings (SSSR count). The van der Waals surface area contributed by atoms with Crippen LogP contribution in [0, 0.1) is 0 Å². The minimum absolute atomic E-state index is 0.0216. The van der Waals surface area contributed by atoms with Crippen LogP contribution in [0.2, 0.25) is 0 Å². The summed E-state index contributed by atoms with van der Waals surface area (Å²) in [5, 5.41) is 2.25. The van der Waals surface area contributed by atoms with Gasteiger partial charge in [-0.15, -0.1) is 0 Å². The molecule has 2 saturated heterocycles. The Morgan fingerprint density at radius 2 is 1.88 bits per heavy atom. The van der Waals surface area contributed by atoms with Gasteiger partial charge in [-0.2, -0.15) is 0 Å². The number of imide groups is 1. The molecule has 4 amide bonds. The molecular formula is C17H22N4O5. The van der Waals surface area contributed by atoms with E-state index in [1.54, 1.807) is 17.0 Å². The minimum Gasteiger partial charge on any atom is -0.461 e. The second-order valence-electron chi connectivity index (χ2n) is 6.40. The highest BCUT2D eigenvalue weighted by Gasteiger charge is 2.26. The zero-order valence-corrected chi connectivity index (χ0v) is 14.5. The first-order chi connectivity index (χ1) is 12.5. The zero-order valence-electron chi connectivity index (χ0n) is 14.5. The largest absolute Gasteiger partial charge is 0.461 e. The normalized spacial score (nSPS) is 18.8. The predicted octanol–water partition coefficient (Wildman–Crippen LogP) is -0.0615. The highest BCUT2D eigenvalue weighted by molar-refractivity contribution is 5.96. The van der Waals surface area contributed by atoms with Gasteiger partial charge in [0.1, 0.15) is 0 Å². The fraction of sp³-hybridized carbons (Fsp3) is 0.529. The van der Waals surface area contributed by atoms with Gasteiger partial charge in [0.2, 0.25) is 17.6 Å². The molecule has 0 bridgehead atoms. The van der Waals surface area contributed by atoms with E-state index in [9.17, 15) is 19.2 Å². The molecule has 0 aromatic carbocycles. The van der Waals surface area contributed by atoms with Crippen LogP contribution in [0.1, 0.15) is 23.4 Å². The number of amides is 4. The lowest BCUT2D eigenvalue weighted by Gasteiger charge is -2.35. The van der Waals surface area contributed by atoms with E-state index >= 15 is 0 Å². The summed E-state index contributed by atoms with van der Waals surface area (Å²) in [6.07, 6.45) is 1.97. The molecule has 2 aliphatic heterocycles. The SMILES string of the molecule is O=C1CCN(CCC(=O)N2CCN(CC(=O)c3ccco3)CC2)C(=O)N1. The number of nitrogens with one attached hydrogen (secondary N) is 1. The Kier molecular flexibility index (Phi) is 5.67. The Hall–Kier alpha value is -2.68. The summed E-state index contributed by atoms with van der Waals surface area (Å²) in [5.41, 5.74) is 0. The van der Waals surface area contributed by atoms with Crippen molar-refractivity contribution >= 4 is 23.6 Å². The smallest absolute Gasteiger partial charge is 0.324 e. The Morgan fingerprint density at radius 1 is 1.12 bits per heavy atom. The molecule has 1 aromatic heterocycles. The highest BCUT2D eigenvalue weighted by atomic mass is 16.3. The molecule has 0 unspecified atom stereocenters. The second kappa shape index (κ2) is 8.13. The number of nitrogens with zero attached hydrogens (tertiary/aromatic N) is 3. The molecule has 1 N–H and O–H groups in total. The summed E-state index contributed by atoms with van der Waals surface area (Å²) in [5.74, 6) is -0.0215. The average molecular weight is 362 g/mol. The number of piperazine rings is 1. The number of furan rings is 1. The van der Waals surface area contributed by atoms with E-state index in [1.807, 2.05) is 4.90 Å². The van der Waals surface area contributed by atoms with E-state index in [0.29, 0.717) is 45.0 Å². The quantitative estimate of drug-likeness (QED) is 0.711. The number of hydrogen-bond donors (Lipinski definition) is 1. The molecule has 140 valence electrons. The van der Waals surface area contributed by atoms with E-state index in [-0.39, 0.29) is 37.0 Å². The summed E-state index contributed by atoms with van der Waals surface area (Å²) in [6.45, 7) is 3.27. The van der Waals surface area contributed by atoms with Crippen molar-refractivity contribution in [2.75, 3.05) is 45.8 Å². The van der Waals surface area contributed by atoms with E-state index in [0.717, 1.165) is 0 Å². The van der Waals surface area contributed by atoms with Crippen molar-refractivity contribution in [3.05, 3.63) is 24.2 Å². The van der Waals surface area contributed by atoms with Crippen LogP contribution >= 0.6 is 0 Å². The van der Waals surface area contributed by atoms with Crippen LogP contribution in [0.15, 0.2) is 22.8 Å². The fourth-order valence-corrected chi connectivity index (χ4v) is 3.07. The molecular weight excluding hydrogens is 340 g/mol. The monoisotopic (exact) mass is 362 g/mol. The molecule has 0 spiro atoms. The molecule has 2 aliphatic rings. The standard InChI is InChI=1S/C17H22N4O5/c22-13(14-2-1-11-26-14)12-19-7-9-20(10-8-19)16(24)4-6-21-5-3-15(23)18-17(21)25/h1-2,11H,3-10,12H2,(H,18,23,25). The van der Waals surface area contributed by atoms with Crippen molar-refractivity contribution in [1.82, 2.24) is 20.0 Å². The number of urea groups is 1. The topological polar surface area (TPSA) is 103 Å². The van der Waals surface area contributed by atoms with Crippen molar-refractivity contribution in [3.8, 4) is 0 Å². The average Bonchev–Trinajstić information content (AvgIpc) is 3.16. The summed E-state index contributed by atoms with van der Waals surface area (Å²) in [6, 6.07) is 2.89. The molecule has 0 saturated carbocycles. The highest BCUT2D eigenvalue weighted by Crippen LogP contribution is 2.09. The maximum atomic E-state index is 12.3. The Morgan fingerprint density at radius 3 is 2.54 bits per heavy atom. The molecule has 26 heavy (non-hydrogen) atoms. The minimum atomic E-state index is -0.435. The first-order valence-electron chi connectivity index (χ1n) is 8.68. The Labute approximate surface area is 150 Å². The van der Waals surface area contributed by atoms with Gasteiger partial charge in [0.25, 0.3) is 0 Å². The van der Waals surface area contributed by atoms with Crippen LogP contribution in [0.3, 0.4) is 0 Å². The maximum absolute atomic E-state index is 12.3.